The van der Waals surface area contributed by atoms with Crippen LogP contribution in [0.3, 0.4) is 0 Å². The molecule has 1 aromatic carbocycles. The zero-order valence-corrected chi connectivity index (χ0v) is 8.37. The second kappa shape index (κ2) is 5.07. The standard InChI is InChI=1S/C9H5F5O4/c10-8(11)17-6-2-1-4(18-9(12,13)14)3-5(6)7(15)16/h1-3,8H,(H,15,16). The normalized spacial score (nSPS) is 11.4. The molecule has 1 aromatic rings. The zero-order chi connectivity index (χ0) is 13.9. The fourth-order valence-corrected chi connectivity index (χ4v) is 1.07. The summed E-state index contributed by atoms with van der Waals surface area (Å²) < 4.78 is 66.7. The van der Waals surface area contributed by atoms with E-state index < -0.39 is 36.0 Å². The first-order valence-electron chi connectivity index (χ1n) is 4.27. The lowest BCUT2D eigenvalue weighted by atomic mass is 10.2. The fraction of sp³-hybridized carbons (Fsp3) is 0.222. The van der Waals surface area contributed by atoms with E-state index in [2.05, 4.69) is 9.47 Å². The molecule has 0 saturated heterocycles. The fourth-order valence-electron chi connectivity index (χ4n) is 1.07. The predicted octanol–water partition coefficient (Wildman–Crippen LogP) is 2.88. The van der Waals surface area contributed by atoms with Crippen molar-refractivity contribution in [2.45, 2.75) is 13.0 Å². The molecule has 9 heteroatoms. The molecule has 0 heterocycles. The first-order valence-corrected chi connectivity index (χ1v) is 4.27. The van der Waals surface area contributed by atoms with Crippen LogP contribution in [0.4, 0.5) is 22.0 Å². The molecule has 4 nitrogen and oxygen atoms in total. The van der Waals surface area contributed by atoms with Gasteiger partial charge < -0.3 is 14.6 Å². The minimum Gasteiger partial charge on any atom is -0.478 e. The van der Waals surface area contributed by atoms with E-state index in [1.165, 1.54) is 0 Å². The van der Waals surface area contributed by atoms with Crippen molar-refractivity contribution in [1.29, 1.82) is 0 Å². The smallest absolute Gasteiger partial charge is 0.478 e. The van der Waals surface area contributed by atoms with Crippen LogP contribution < -0.4 is 9.47 Å². The van der Waals surface area contributed by atoms with Crippen LogP contribution in [0.25, 0.3) is 0 Å². The van der Waals surface area contributed by atoms with Crippen molar-refractivity contribution in [1.82, 2.24) is 0 Å². The molecule has 0 amide bonds. The molecule has 0 fully saturated rings. The number of aromatic carboxylic acids is 1. The molecule has 0 atom stereocenters. The highest BCUT2D eigenvalue weighted by Crippen LogP contribution is 2.29. The summed E-state index contributed by atoms with van der Waals surface area (Å²) in [7, 11) is 0. The summed E-state index contributed by atoms with van der Waals surface area (Å²) in [5, 5.41) is 8.64. The quantitative estimate of drug-likeness (QED) is 0.856. The third-order valence-electron chi connectivity index (χ3n) is 1.63. The summed E-state index contributed by atoms with van der Waals surface area (Å²) in [5.74, 6) is -3.33. The van der Waals surface area contributed by atoms with Crippen LogP contribution in [0, 0.1) is 0 Å². The number of ether oxygens (including phenoxy) is 2. The molecule has 18 heavy (non-hydrogen) atoms. The molecule has 100 valence electrons. The second-order valence-electron chi connectivity index (χ2n) is 2.89. The summed E-state index contributed by atoms with van der Waals surface area (Å²) in [6.45, 7) is -3.29. The topological polar surface area (TPSA) is 55.8 Å². The number of halogens is 5. The van der Waals surface area contributed by atoms with Crippen LogP contribution in [-0.4, -0.2) is 24.0 Å². The Bertz CT molecular complexity index is 443. The lowest BCUT2D eigenvalue weighted by Gasteiger charge is -2.12. The van der Waals surface area contributed by atoms with Crippen molar-refractivity contribution in [2.24, 2.45) is 0 Å². The molecular weight excluding hydrogens is 267 g/mol. The zero-order valence-electron chi connectivity index (χ0n) is 8.37. The third-order valence-corrected chi connectivity index (χ3v) is 1.63. The predicted molar refractivity (Wildman–Crippen MR) is 46.7 cm³/mol. The van der Waals surface area contributed by atoms with Crippen LogP contribution in [0.15, 0.2) is 18.2 Å². The number of carboxylic acid groups (broad SMARTS) is 1. The van der Waals surface area contributed by atoms with Gasteiger partial charge in [0, 0.05) is 0 Å². The molecule has 1 N–H and O–H groups in total. The van der Waals surface area contributed by atoms with E-state index in [4.69, 9.17) is 5.11 Å². The average Bonchev–Trinajstić information content (AvgIpc) is 2.17. The molecule has 0 unspecified atom stereocenters. The Labute approximate surface area is 96.5 Å². The van der Waals surface area contributed by atoms with Crippen molar-refractivity contribution in [2.75, 3.05) is 0 Å². The third kappa shape index (κ3) is 4.07. The van der Waals surface area contributed by atoms with Crippen molar-refractivity contribution in [3.63, 3.8) is 0 Å². The Morgan fingerprint density at radius 2 is 1.89 bits per heavy atom. The SMILES string of the molecule is O=C(O)c1cc(OC(F)(F)F)ccc1OC(F)F. The van der Waals surface area contributed by atoms with Crippen LogP contribution in [-0.2, 0) is 0 Å². The second-order valence-corrected chi connectivity index (χ2v) is 2.89. The molecule has 0 aliphatic rings. The first-order chi connectivity index (χ1) is 8.19. The summed E-state index contributed by atoms with van der Waals surface area (Å²) in [6, 6.07) is 1.75. The Balaban J connectivity index is 3.07. The van der Waals surface area contributed by atoms with E-state index in [9.17, 15) is 26.7 Å². The van der Waals surface area contributed by atoms with Crippen LogP contribution in [0.5, 0.6) is 11.5 Å². The summed E-state index contributed by atoms with van der Waals surface area (Å²) in [6.07, 6.45) is -5.01. The molecule has 0 saturated carbocycles. The molecular formula is C9H5F5O4. The van der Waals surface area contributed by atoms with Gasteiger partial charge in [0.25, 0.3) is 0 Å². The van der Waals surface area contributed by atoms with Crippen LogP contribution in [0.2, 0.25) is 0 Å². The van der Waals surface area contributed by atoms with Crippen molar-refractivity contribution >= 4 is 5.97 Å². The van der Waals surface area contributed by atoms with Gasteiger partial charge in [0.15, 0.2) is 0 Å². The highest BCUT2D eigenvalue weighted by Gasteiger charge is 2.31. The van der Waals surface area contributed by atoms with Gasteiger partial charge in [-0.1, -0.05) is 0 Å². The Morgan fingerprint density at radius 1 is 1.28 bits per heavy atom. The minimum atomic E-state index is -5.01. The van der Waals surface area contributed by atoms with Crippen LogP contribution >= 0.6 is 0 Å². The molecule has 0 aromatic heterocycles. The lowest BCUT2D eigenvalue weighted by molar-refractivity contribution is -0.274. The Kier molecular flexibility index (Phi) is 3.94. The van der Waals surface area contributed by atoms with Gasteiger partial charge >= 0.3 is 18.9 Å². The highest BCUT2D eigenvalue weighted by molar-refractivity contribution is 5.91. The monoisotopic (exact) mass is 272 g/mol. The molecule has 0 bridgehead atoms. The number of carboxylic acids is 1. The maximum absolute atomic E-state index is 11.9. The van der Waals surface area contributed by atoms with Crippen molar-refractivity contribution in [3.8, 4) is 11.5 Å². The summed E-state index contributed by atoms with van der Waals surface area (Å²) in [4.78, 5) is 10.7. The van der Waals surface area contributed by atoms with E-state index in [0.29, 0.717) is 18.2 Å². The van der Waals surface area contributed by atoms with Gasteiger partial charge in [-0.15, -0.1) is 13.2 Å². The van der Waals surface area contributed by atoms with Gasteiger partial charge in [-0.3, -0.25) is 0 Å². The van der Waals surface area contributed by atoms with E-state index in [-0.39, 0.29) is 0 Å². The summed E-state index contributed by atoms with van der Waals surface area (Å²) >= 11 is 0. The van der Waals surface area contributed by atoms with Crippen molar-refractivity contribution < 1.29 is 41.3 Å². The van der Waals surface area contributed by atoms with E-state index in [0.717, 1.165) is 0 Å². The van der Waals surface area contributed by atoms with E-state index in [1.807, 2.05) is 0 Å². The number of carbonyl (C=O) groups is 1. The van der Waals surface area contributed by atoms with Crippen molar-refractivity contribution in [3.05, 3.63) is 23.8 Å². The maximum atomic E-state index is 11.9. The number of rotatable bonds is 4. The molecule has 0 spiro atoms. The highest BCUT2D eigenvalue weighted by atomic mass is 19.4. The number of benzene rings is 1. The van der Waals surface area contributed by atoms with Gasteiger partial charge in [0.1, 0.15) is 17.1 Å². The van der Waals surface area contributed by atoms with Gasteiger partial charge in [-0.2, -0.15) is 8.78 Å². The van der Waals surface area contributed by atoms with Crippen LogP contribution in [0.1, 0.15) is 10.4 Å². The van der Waals surface area contributed by atoms with E-state index >= 15 is 0 Å². The molecule has 0 aliphatic heterocycles. The average molecular weight is 272 g/mol. The Hall–Kier alpha value is -2.06. The lowest BCUT2D eigenvalue weighted by Crippen LogP contribution is -2.17. The molecule has 0 radical (unpaired) electrons. The van der Waals surface area contributed by atoms with Gasteiger partial charge in [-0.05, 0) is 18.2 Å². The molecule has 0 aliphatic carbocycles. The van der Waals surface area contributed by atoms with Gasteiger partial charge in [0.2, 0.25) is 0 Å². The largest absolute Gasteiger partial charge is 0.573 e. The van der Waals surface area contributed by atoms with E-state index in [1.54, 1.807) is 0 Å². The van der Waals surface area contributed by atoms with Gasteiger partial charge in [0.05, 0.1) is 0 Å². The summed E-state index contributed by atoms with van der Waals surface area (Å²) in [5.41, 5.74) is -0.864. The first kappa shape index (κ1) is 14.0. The number of hydrogen-bond acceptors (Lipinski definition) is 3. The molecule has 1 rings (SSSR count). The van der Waals surface area contributed by atoms with Gasteiger partial charge in [-0.25, -0.2) is 4.79 Å². The Morgan fingerprint density at radius 3 is 2.33 bits per heavy atom. The number of alkyl halides is 5. The maximum Gasteiger partial charge on any atom is 0.573 e. The number of hydrogen-bond donors (Lipinski definition) is 1. The minimum absolute atomic E-state index is 0.438.